The van der Waals surface area contributed by atoms with Crippen molar-refractivity contribution in [2.24, 2.45) is 0 Å². The van der Waals surface area contributed by atoms with Crippen molar-refractivity contribution in [3.8, 4) is 0 Å². The number of nitrogens with zero attached hydrogens (tertiary/aromatic N) is 1. The summed E-state index contributed by atoms with van der Waals surface area (Å²) in [6, 6.07) is 6.46. The highest BCUT2D eigenvalue weighted by Crippen LogP contribution is 2.24. The van der Waals surface area contributed by atoms with Crippen LogP contribution in [0.25, 0.3) is 10.9 Å². The van der Waals surface area contributed by atoms with Crippen molar-refractivity contribution in [3.63, 3.8) is 0 Å². The summed E-state index contributed by atoms with van der Waals surface area (Å²) in [6.07, 6.45) is 0. The number of nitrogens with one attached hydrogen (secondary N) is 2. The van der Waals surface area contributed by atoms with Crippen LogP contribution in [0.2, 0.25) is 5.02 Å². The van der Waals surface area contributed by atoms with E-state index in [2.05, 4.69) is 10.3 Å². The highest BCUT2D eigenvalue weighted by Gasteiger charge is 2.33. The van der Waals surface area contributed by atoms with Crippen molar-refractivity contribution in [2.75, 3.05) is 13.1 Å². The van der Waals surface area contributed by atoms with E-state index in [9.17, 15) is 13.2 Å². The van der Waals surface area contributed by atoms with E-state index in [1.807, 2.05) is 0 Å². The van der Waals surface area contributed by atoms with Gasteiger partial charge in [0.2, 0.25) is 5.91 Å². The molecule has 1 aromatic heterocycles. The molecule has 3 rings (SSSR count). The van der Waals surface area contributed by atoms with Gasteiger partial charge in [-0.05, 0) is 25.1 Å². The number of benzene rings is 1. The Hall–Kier alpha value is -1.57. The number of rotatable bonds is 2. The summed E-state index contributed by atoms with van der Waals surface area (Å²) in [6.45, 7) is 1.86. The minimum atomic E-state index is -3.73. The van der Waals surface area contributed by atoms with Gasteiger partial charge in [-0.25, -0.2) is 8.42 Å². The summed E-state index contributed by atoms with van der Waals surface area (Å²) in [5, 5.41) is 4.05. The van der Waals surface area contributed by atoms with E-state index < -0.39 is 10.0 Å². The number of aromatic amines is 1. The number of amides is 1. The summed E-state index contributed by atoms with van der Waals surface area (Å²) >= 11 is 5.90. The summed E-state index contributed by atoms with van der Waals surface area (Å²) in [5.41, 5.74) is 0.649. The maximum absolute atomic E-state index is 12.6. The Kier molecular flexibility index (Phi) is 3.43. The van der Waals surface area contributed by atoms with Crippen molar-refractivity contribution in [1.82, 2.24) is 14.6 Å². The SMILES string of the molecule is CC1CN(S(=O)(=O)c2cc3ccc(Cl)cc3[nH]2)CC(=O)N1. The molecule has 0 aliphatic carbocycles. The maximum Gasteiger partial charge on any atom is 0.259 e. The van der Waals surface area contributed by atoms with E-state index in [4.69, 9.17) is 11.6 Å². The Bertz CT molecular complexity index is 815. The average molecular weight is 328 g/mol. The van der Waals surface area contributed by atoms with E-state index in [0.717, 1.165) is 5.39 Å². The molecule has 0 spiro atoms. The van der Waals surface area contributed by atoms with Crippen LogP contribution in [0, 0.1) is 0 Å². The first-order valence-electron chi connectivity index (χ1n) is 6.44. The van der Waals surface area contributed by atoms with E-state index in [-0.39, 0.29) is 30.1 Å². The third kappa shape index (κ3) is 2.64. The van der Waals surface area contributed by atoms with Gasteiger partial charge in [-0.1, -0.05) is 17.7 Å². The van der Waals surface area contributed by atoms with Crippen molar-refractivity contribution >= 4 is 38.4 Å². The number of hydrogen-bond acceptors (Lipinski definition) is 3. The van der Waals surface area contributed by atoms with Crippen LogP contribution in [-0.2, 0) is 14.8 Å². The van der Waals surface area contributed by atoms with Gasteiger partial charge < -0.3 is 10.3 Å². The Morgan fingerprint density at radius 3 is 2.81 bits per heavy atom. The summed E-state index contributed by atoms with van der Waals surface area (Å²) in [4.78, 5) is 14.4. The van der Waals surface area contributed by atoms with E-state index in [1.165, 1.54) is 4.31 Å². The molecule has 1 unspecified atom stereocenters. The number of sulfonamides is 1. The zero-order valence-electron chi connectivity index (χ0n) is 11.3. The highest BCUT2D eigenvalue weighted by atomic mass is 35.5. The molecule has 1 aliphatic rings. The number of carbonyl (C=O) groups excluding carboxylic acids is 1. The first-order chi connectivity index (χ1) is 9.86. The zero-order valence-corrected chi connectivity index (χ0v) is 12.8. The lowest BCUT2D eigenvalue weighted by molar-refractivity contribution is -0.123. The smallest absolute Gasteiger partial charge is 0.259 e. The number of H-pyrrole nitrogens is 1. The van der Waals surface area contributed by atoms with Crippen LogP contribution in [0.1, 0.15) is 6.92 Å². The maximum atomic E-state index is 12.6. The van der Waals surface area contributed by atoms with Crippen LogP contribution in [0.15, 0.2) is 29.3 Å². The van der Waals surface area contributed by atoms with E-state index >= 15 is 0 Å². The second-order valence-corrected chi connectivity index (χ2v) is 7.47. The Balaban J connectivity index is 2.01. The van der Waals surface area contributed by atoms with Crippen LogP contribution in [0.5, 0.6) is 0 Å². The number of hydrogen-bond donors (Lipinski definition) is 2. The lowest BCUT2D eigenvalue weighted by Gasteiger charge is -2.29. The second-order valence-electron chi connectivity index (χ2n) is 5.13. The fourth-order valence-corrected chi connectivity index (χ4v) is 4.10. The average Bonchev–Trinajstić information content (AvgIpc) is 2.81. The molecule has 21 heavy (non-hydrogen) atoms. The van der Waals surface area contributed by atoms with Crippen molar-refractivity contribution in [3.05, 3.63) is 29.3 Å². The van der Waals surface area contributed by atoms with Gasteiger partial charge in [0, 0.05) is 28.5 Å². The van der Waals surface area contributed by atoms with Gasteiger partial charge in [0.05, 0.1) is 6.54 Å². The van der Waals surface area contributed by atoms with Crippen LogP contribution in [0.3, 0.4) is 0 Å². The third-order valence-corrected chi connectivity index (χ3v) is 5.35. The van der Waals surface area contributed by atoms with Gasteiger partial charge in [-0.3, -0.25) is 4.79 Å². The van der Waals surface area contributed by atoms with Gasteiger partial charge in [0.15, 0.2) is 0 Å². The summed E-state index contributed by atoms with van der Waals surface area (Å²) in [5.74, 6) is -0.295. The molecule has 1 aromatic carbocycles. The van der Waals surface area contributed by atoms with Gasteiger partial charge in [-0.2, -0.15) is 4.31 Å². The number of carbonyl (C=O) groups is 1. The van der Waals surface area contributed by atoms with Gasteiger partial charge >= 0.3 is 0 Å². The molecule has 1 saturated heterocycles. The van der Waals surface area contributed by atoms with Crippen LogP contribution in [-0.4, -0.2) is 42.7 Å². The van der Waals surface area contributed by atoms with Gasteiger partial charge in [0.25, 0.3) is 10.0 Å². The molecular formula is C13H14ClN3O3S. The molecule has 2 heterocycles. The van der Waals surface area contributed by atoms with Gasteiger partial charge in [0.1, 0.15) is 5.03 Å². The highest BCUT2D eigenvalue weighted by molar-refractivity contribution is 7.89. The zero-order chi connectivity index (χ0) is 15.2. The predicted octanol–water partition coefficient (Wildman–Crippen LogP) is 1.33. The lowest BCUT2D eigenvalue weighted by Crippen LogP contribution is -2.54. The third-order valence-electron chi connectivity index (χ3n) is 3.38. The molecule has 1 amide bonds. The molecule has 2 aromatic rings. The largest absolute Gasteiger partial charge is 0.351 e. The minimum absolute atomic E-state index is 0.0710. The monoisotopic (exact) mass is 327 g/mol. The lowest BCUT2D eigenvalue weighted by atomic mass is 10.2. The molecule has 6 nitrogen and oxygen atoms in total. The molecule has 1 fully saturated rings. The Morgan fingerprint density at radius 1 is 1.33 bits per heavy atom. The topological polar surface area (TPSA) is 82.3 Å². The minimum Gasteiger partial charge on any atom is -0.351 e. The molecule has 1 atom stereocenters. The molecule has 112 valence electrons. The molecule has 1 aliphatic heterocycles. The second kappa shape index (κ2) is 5.01. The molecule has 0 saturated carbocycles. The molecular weight excluding hydrogens is 314 g/mol. The number of halogens is 1. The van der Waals surface area contributed by atoms with Crippen LogP contribution < -0.4 is 5.32 Å². The first-order valence-corrected chi connectivity index (χ1v) is 8.26. The van der Waals surface area contributed by atoms with Crippen molar-refractivity contribution < 1.29 is 13.2 Å². The number of aromatic nitrogens is 1. The van der Waals surface area contributed by atoms with Crippen LogP contribution in [0.4, 0.5) is 0 Å². The first kappa shape index (κ1) is 14.4. The van der Waals surface area contributed by atoms with Crippen molar-refractivity contribution in [1.29, 1.82) is 0 Å². The van der Waals surface area contributed by atoms with Crippen LogP contribution >= 0.6 is 11.6 Å². The number of piperazine rings is 1. The number of fused-ring (bicyclic) bond motifs is 1. The molecule has 0 radical (unpaired) electrons. The summed E-state index contributed by atoms with van der Waals surface area (Å²) in [7, 11) is -3.73. The summed E-state index contributed by atoms with van der Waals surface area (Å²) < 4.78 is 26.4. The quantitative estimate of drug-likeness (QED) is 0.873. The standard InChI is InChI=1S/C13H14ClN3O3S/c1-8-6-17(7-12(18)15-8)21(19,20)13-4-9-2-3-10(14)5-11(9)16-13/h2-5,8,16H,6-7H2,1H3,(H,15,18). The molecule has 0 bridgehead atoms. The predicted molar refractivity (Wildman–Crippen MR) is 79.7 cm³/mol. The Morgan fingerprint density at radius 2 is 2.10 bits per heavy atom. The molecule has 8 heteroatoms. The Labute approximate surface area is 127 Å². The normalized spacial score (nSPS) is 20.7. The fraction of sp³-hybridized carbons (Fsp3) is 0.308. The van der Waals surface area contributed by atoms with E-state index in [0.29, 0.717) is 10.5 Å². The van der Waals surface area contributed by atoms with Crippen molar-refractivity contribution in [2.45, 2.75) is 18.0 Å². The van der Waals surface area contributed by atoms with E-state index in [1.54, 1.807) is 31.2 Å². The van der Waals surface area contributed by atoms with Gasteiger partial charge in [-0.15, -0.1) is 0 Å². The fourth-order valence-electron chi connectivity index (χ4n) is 2.43. The molecule has 2 N–H and O–H groups in total.